The van der Waals surface area contributed by atoms with Crippen molar-refractivity contribution in [1.82, 2.24) is 0 Å². The number of ether oxygens (including phenoxy) is 1. The van der Waals surface area contributed by atoms with Crippen LogP contribution in [0.3, 0.4) is 0 Å². The molecule has 0 saturated heterocycles. The minimum absolute atomic E-state index is 0. The molecular weight excluding hydrogens is 310 g/mol. The maximum Gasteiger partial charge on any atom is 0.400 e. The summed E-state index contributed by atoms with van der Waals surface area (Å²) < 4.78 is 59.8. The second kappa shape index (κ2) is 6.03. The van der Waals surface area contributed by atoms with Crippen molar-refractivity contribution in [2.24, 2.45) is 11.3 Å². The Morgan fingerprint density at radius 3 is 2.04 bits per heavy atom. The number of rotatable bonds is 3. The minimum atomic E-state index is -3.47. The van der Waals surface area contributed by atoms with E-state index < -0.39 is 35.0 Å². The standard InChI is InChI=1S/C16H15F4NO.CH4/c17-13-7-11(8-14(18)12(13)9-21)22-16(19,20)10-1-3-15(4-2-10)5-6-15;/h7-8,10H,1-6H2;1H4. The number of nitriles is 1. The fraction of sp³-hybridized carbons (Fsp3) is 0.588. The fourth-order valence-corrected chi connectivity index (χ4v) is 3.20. The van der Waals surface area contributed by atoms with E-state index in [0.29, 0.717) is 25.0 Å². The van der Waals surface area contributed by atoms with Crippen molar-refractivity contribution in [3.63, 3.8) is 0 Å². The van der Waals surface area contributed by atoms with Crippen LogP contribution < -0.4 is 4.74 Å². The quantitative estimate of drug-likeness (QED) is 0.694. The van der Waals surface area contributed by atoms with Gasteiger partial charge in [0.25, 0.3) is 0 Å². The Kier molecular flexibility index (Phi) is 4.61. The maximum atomic E-state index is 14.2. The summed E-state index contributed by atoms with van der Waals surface area (Å²) in [5, 5.41) is 8.56. The van der Waals surface area contributed by atoms with E-state index >= 15 is 0 Å². The summed E-state index contributed by atoms with van der Waals surface area (Å²) in [5.74, 6) is -3.94. The first-order valence-corrected chi connectivity index (χ1v) is 7.31. The molecule has 2 aliphatic carbocycles. The first-order chi connectivity index (χ1) is 10.4. The zero-order valence-electron chi connectivity index (χ0n) is 11.8. The van der Waals surface area contributed by atoms with Crippen molar-refractivity contribution in [1.29, 1.82) is 5.26 Å². The summed E-state index contributed by atoms with van der Waals surface area (Å²) in [4.78, 5) is 0. The largest absolute Gasteiger partial charge is 0.432 e. The van der Waals surface area contributed by atoms with Gasteiger partial charge in [-0.2, -0.15) is 14.0 Å². The van der Waals surface area contributed by atoms with Crippen molar-refractivity contribution >= 4 is 0 Å². The van der Waals surface area contributed by atoms with E-state index in [-0.39, 0.29) is 12.8 Å². The van der Waals surface area contributed by atoms with Crippen LogP contribution in [-0.4, -0.2) is 6.11 Å². The van der Waals surface area contributed by atoms with Crippen LogP contribution in [0.5, 0.6) is 5.75 Å². The first-order valence-electron chi connectivity index (χ1n) is 7.31. The zero-order valence-corrected chi connectivity index (χ0v) is 11.8. The van der Waals surface area contributed by atoms with Gasteiger partial charge in [0.05, 0.1) is 5.92 Å². The van der Waals surface area contributed by atoms with Gasteiger partial charge in [-0.15, -0.1) is 0 Å². The van der Waals surface area contributed by atoms with Gasteiger partial charge < -0.3 is 4.74 Å². The molecule has 0 heterocycles. The van der Waals surface area contributed by atoms with Crippen molar-refractivity contribution < 1.29 is 22.3 Å². The van der Waals surface area contributed by atoms with Crippen molar-refractivity contribution in [2.75, 3.05) is 0 Å². The molecule has 0 aliphatic heterocycles. The summed E-state index contributed by atoms with van der Waals surface area (Å²) in [6.45, 7) is 0. The maximum absolute atomic E-state index is 14.2. The average Bonchev–Trinajstić information content (AvgIpc) is 3.17. The molecule has 2 nitrogen and oxygen atoms in total. The molecule has 126 valence electrons. The smallest absolute Gasteiger partial charge is 0.400 e. The van der Waals surface area contributed by atoms with Crippen LogP contribution in [0.1, 0.15) is 51.5 Å². The topological polar surface area (TPSA) is 33.0 Å². The molecule has 1 aromatic rings. The summed E-state index contributed by atoms with van der Waals surface area (Å²) in [6.07, 6.45) is 0.974. The van der Waals surface area contributed by atoms with E-state index in [4.69, 9.17) is 5.26 Å². The predicted molar refractivity (Wildman–Crippen MR) is 77.0 cm³/mol. The number of hydrogen-bond donors (Lipinski definition) is 0. The van der Waals surface area contributed by atoms with Gasteiger partial charge in [-0.25, -0.2) is 8.78 Å². The third-order valence-electron chi connectivity index (χ3n) is 4.86. The van der Waals surface area contributed by atoms with Crippen LogP contribution in [0.2, 0.25) is 0 Å². The molecule has 1 spiro atoms. The monoisotopic (exact) mass is 329 g/mol. The van der Waals surface area contributed by atoms with E-state index in [2.05, 4.69) is 4.74 Å². The highest BCUT2D eigenvalue weighted by molar-refractivity contribution is 5.38. The van der Waals surface area contributed by atoms with Crippen LogP contribution in [0.25, 0.3) is 0 Å². The lowest BCUT2D eigenvalue weighted by Crippen LogP contribution is -2.37. The average molecular weight is 329 g/mol. The highest BCUT2D eigenvalue weighted by Crippen LogP contribution is 2.58. The molecule has 3 rings (SSSR count). The van der Waals surface area contributed by atoms with Crippen LogP contribution in [0.4, 0.5) is 17.6 Å². The van der Waals surface area contributed by atoms with E-state index in [9.17, 15) is 17.6 Å². The van der Waals surface area contributed by atoms with Gasteiger partial charge in [0.1, 0.15) is 29.0 Å². The first kappa shape index (κ1) is 17.6. The molecular formula is C17H19F4NO. The molecule has 6 heteroatoms. The molecule has 0 bridgehead atoms. The Hall–Kier alpha value is -1.77. The molecule has 0 radical (unpaired) electrons. The van der Waals surface area contributed by atoms with Crippen LogP contribution in [-0.2, 0) is 0 Å². The lowest BCUT2D eigenvalue weighted by Gasteiger charge is -2.33. The lowest BCUT2D eigenvalue weighted by atomic mass is 9.79. The Bertz CT molecular complexity index is 601. The van der Waals surface area contributed by atoms with Gasteiger partial charge in [-0.05, 0) is 43.9 Å². The van der Waals surface area contributed by atoms with Gasteiger partial charge in [0.2, 0.25) is 0 Å². The second-order valence-electron chi connectivity index (χ2n) is 6.31. The molecule has 0 amide bonds. The van der Waals surface area contributed by atoms with Crippen molar-refractivity contribution in [2.45, 2.75) is 52.1 Å². The highest BCUT2D eigenvalue weighted by atomic mass is 19.3. The van der Waals surface area contributed by atoms with Crippen molar-refractivity contribution in [3.05, 3.63) is 29.3 Å². The third kappa shape index (κ3) is 3.44. The van der Waals surface area contributed by atoms with Gasteiger partial charge in [-0.1, -0.05) is 7.43 Å². The number of hydrogen-bond acceptors (Lipinski definition) is 2. The summed E-state index contributed by atoms with van der Waals surface area (Å²) in [7, 11) is 0. The molecule has 2 aliphatic rings. The fourth-order valence-electron chi connectivity index (χ4n) is 3.20. The Balaban J connectivity index is 0.00000192. The Morgan fingerprint density at radius 1 is 1.09 bits per heavy atom. The summed E-state index contributed by atoms with van der Waals surface area (Å²) in [6, 6.07) is 2.59. The Morgan fingerprint density at radius 2 is 1.61 bits per heavy atom. The molecule has 0 unspecified atom stereocenters. The zero-order chi connectivity index (χ0) is 16.0. The molecule has 2 saturated carbocycles. The van der Waals surface area contributed by atoms with Crippen LogP contribution in [0.15, 0.2) is 12.1 Å². The van der Waals surface area contributed by atoms with E-state index in [1.807, 2.05) is 0 Å². The summed E-state index contributed by atoms with van der Waals surface area (Å²) in [5.41, 5.74) is -0.525. The minimum Gasteiger partial charge on any atom is -0.432 e. The van der Waals surface area contributed by atoms with Gasteiger partial charge in [0.15, 0.2) is 0 Å². The predicted octanol–water partition coefficient (Wildman–Crippen LogP) is 5.41. The number of benzene rings is 1. The molecule has 0 atom stereocenters. The van der Waals surface area contributed by atoms with E-state index in [1.54, 1.807) is 0 Å². The third-order valence-corrected chi connectivity index (χ3v) is 4.86. The van der Waals surface area contributed by atoms with Gasteiger partial charge in [0, 0.05) is 12.1 Å². The highest BCUT2D eigenvalue weighted by Gasteiger charge is 2.51. The van der Waals surface area contributed by atoms with Crippen molar-refractivity contribution in [3.8, 4) is 11.8 Å². The SMILES string of the molecule is C.N#Cc1c(F)cc(OC(F)(F)C2CCC3(CC2)CC3)cc1F. The molecule has 2 fully saturated rings. The van der Waals surface area contributed by atoms with E-state index in [1.165, 1.54) is 6.07 Å². The normalized spacial score (nSPS) is 19.8. The van der Waals surface area contributed by atoms with Gasteiger partial charge >= 0.3 is 6.11 Å². The second-order valence-corrected chi connectivity index (χ2v) is 6.31. The number of halogens is 4. The number of alkyl halides is 2. The molecule has 0 aromatic heterocycles. The molecule has 23 heavy (non-hydrogen) atoms. The summed E-state index contributed by atoms with van der Waals surface area (Å²) >= 11 is 0. The molecule has 1 aromatic carbocycles. The van der Waals surface area contributed by atoms with Gasteiger partial charge in [-0.3, -0.25) is 0 Å². The molecule has 0 N–H and O–H groups in total. The number of nitrogens with zero attached hydrogens (tertiary/aromatic N) is 1. The van der Waals surface area contributed by atoms with Crippen LogP contribution >= 0.6 is 0 Å². The van der Waals surface area contributed by atoms with Crippen LogP contribution in [0, 0.1) is 34.3 Å². The lowest BCUT2D eigenvalue weighted by molar-refractivity contribution is -0.224. The van der Waals surface area contributed by atoms with E-state index in [0.717, 1.165) is 25.7 Å². The Labute approximate surface area is 133 Å².